The van der Waals surface area contributed by atoms with Crippen molar-refractivity contribution in [3.05, 3.63) is 28.2 Å². The lowest BCUT2D eigenvalue weighted by atomic mass is 9.88. The van der Waals surface area contributed by atoms with Crippen LogP contribution in [-0.2, 0) is 5.88 Å². The highest BCUT2D eigenvalue weighted by Gasteiger charge is 2.21. The maximum absolute atomic E-state index is 6.10. The van der Waals surface area contributed by atoms with E-state index in [-0.39, 0.29) is 0 Å². The highest BCUT2D eigenvalue weighted by molar-refractivity contribution is 9.10. The topological polar surface area (TPSA) is 9.23 Å². The van der Waals surface area contributed by atoms with Gasteiger partial charge in [0.2, 0.25) is 0 Å². The number of rotatable bonds is 3. The van der Waals surface area contributed by atoms with Crippen LogP contribution in [0.3, 0.4) is 0 Å². The Kier molecular flexibility index (Phi) is 4.75. The minimum atomic E-state index is 0.363. The second kappa shape index (κ2) is 6.10. The number of alkyl halides is 1. The zero-order valence-electron chi connectivity index (χ0n) is 10.1. The lowest BCUT2D eigenvalue weighted by Gasteiger charge is -2.28. The summed E-state index contributed by atoms with van der Waals surface area (Å²) < 4.78 is 7.15. The van der Waals surface area contributed by atoms with E-state index in [4.69, 9.17) is 16.3 Å². The summed E-state index contributed by atoms with van der Waals surface area (Å²) in [6.45, 7) is 2.31. The molecule has 1 saturated carbocycles. The smallest absolute Gasteiger partial charge is 0.124 e. The summed E-state index contributed by atoms with van der Waals surface area (Å²) >= 11 is 9.41. The first-order chi connectivity index (χ1) is 8.19. The van der Waals surface area contributed by atoms with Gasteiger partial charge in [0.25, 0.3) is 0 Å². The van der Waals surface area contributed by atoms with Gasteiger partial charge in [-0.15, -0.1) is 11.6 Å². The molecule has 0 amide bonds. The van der Waals surface area contributed by atoms with Gasteiger partial charge < -0.3 is 4.74 Å². The standard InChI is InChI=1S/C14H18BrClO/c1-10-3-2-4-13(7-10)17-14-6-5-12(15)8-11(14)9-16/h5-6,8,10,13H,2-4,7,9H2,1H3. The van der Waals surface area contributed by atoms with E-state index in [0.717, 1.165) is 28.1 Å². The molecule has 0 bridgehead atoms. The van der Waals surface area contributed by atoms with Gasteiger partial charge in [-0.3, -0.25) is 0 Å². The fourth-order valence-electron chi connectivity index (χ4n) is 2.43. The van der Waals surface area contributed by atoms with Gasteiger partial charge in [-0.25, -0.2) is 0 Å². The molecular weight excluding hydrogens is 300 g/mol. The molecule has 1 fully saturated rings. The summed E-state index contributed by atoms with van der Waals surface area (Å²) in [5.74, 6) is 2.22. The zero-order chi connectivity index (χ0) is 12.3. The molecule has 1 aliphatic rings. The second-order valence-corrected chi connectivity index (χ2v) is 6.08. The van der Waals surface area contributed by atoms with Crippen LogP contribution in [-0.4, -0.2) is 6.10 Å². The molecule has 1 nitrogen and oxygen atoms in total. The van der Waals surface area contributed by atoms with Gasteiger partial charge in [0.15, 0.2) is 0 Å². The van der Waals surface area contributed by atoms with E-state index in [1.807, 2.05) is 18.2 Å². The van der Waals surface area contributed by atoms with Gasteiger partial charge in [-0.2, -0.15) is 0 Å². The molecule has 0 radical (unpaired) electrons. The fourth-order valence-corrected chi connectivity index (χ4v) is 3.05. The Labute approximate surface area is 117 Å². The molecule has 17 heavy (non-hydrogen) atoms. The molecule has 0 N–H and O–H groups in total. The predicted octanol–water partition coefficient (Wildman–Crippen LogP) is 5.15. The Morgan fingerprint density at radius 2 is 2.24 bits per heavy atom. The number of hydrogen-bond donors (Lipinski definition) is 0. The molecule has 1 aromatic rings. The van der Waals surface area contributed by atoms with E-state index in [2.05, 4.69) is 22.9 Å². The highest BCUT2D eigenvalue weighted by Crippen LogP contribution is 2.30. The second-order valence-electron chi connectivity index (χ2n) is 4.90. The molecule has 3 heteroatoms. The molecule has 0 saturated heterocycles. The molecule has 2 rings (SSSR count). The van der Waals surface area contributed by atoms with Crippen molar-refractivity contribution < 1.29 is 4.74 Å². The van der Waals surface area contributed by atoms with Crippen molar-refractivity contribution in [3.63, 3.8) is 0 Å². The lowest BCUT2D eigenvalue weighted by molar-refractivity contribution is 0.128. The average molecular weight is 318 g/mol. The highest BCUT2D eigenvalue weighted by atomic mass is 79.9. The Balaban J connectivity index is 2.07. The molecule has 2 unspecified atom stereocenters. The molecule has 2 atom stereocenters. The van der Waals surface area contributed by atoms with Gasteiger partial charge in [-0.1, -0.05) is 29.3 Å². The fraction of sp³-hybridized carbons (Fsp3) is 0.571. The van der Waals surface area contributed by atoms with E-state index >= 15 is 0 Å². The SMILES string of the molecule is CC1CCCC(Oc2ccc(Br)cc2CCl)C1. The predicted molar refractivity (Wildman–Crippen MR) is 75.7 cm³/mol. The van der Waals surface area contributed by atoms with E-state index in [1.165, 1.54) is 19.3 Å². The van der Waals surface area contributed by atoms with Crippen molar-refractivity contribution in [3.8, 4) is 5.75 Å². The third kappa shape index (κ3) is 3.62. The molecule has 1 aliphatic carbocycles. The van der Waals surface area contributed by atoms with Crippen LogP contribution in [0.1, 0.15) is 38.2 Å². The molecule has 0 aromatic heterocycles. The van der Waals surface area contributed by atoms with Crippen molar-refractivity contribution in [2.75, 3.05) is 0 Å². The van der Waals surface area contributed by atoms with Crippen molar-refractivity contribution in [1.82, 2.24) is 0 Å². The van der Waals surface area contributed by atoms with Crippen LogP contribution in [0.25, 0.3) is 0 Å². The van der Waals surface area contributed by atoms with E-state index < -0.39 is 0 Å². The van der Waals surface area contributed by atoms with Gasteiger partial charge in [0, 0.05) is 10.0 Å². The third-order valence-electron chi connectivity index (χ3n) is 3.35. The zero-order valence-corrected chi connectivity index (χ0v) is 12.4. The first kappa shape index (κ1) is 13.2. The summed E-state index contributed by atoms with van der Waals surface area (Å²) in [5, 5.41) is 0. The summed E-state index contributed by atoms with van der Waals surface area (Å²) in [4.78, 5) is 0. The van der Waals surface area contributed by atoms with Crippen LogP contribution in [0, 0.1) is 5.92 Å². The Bertz CT molecular complexity index is 380. The number of ether oxygens (including phenoxy) is 1. The summed E-state index contributed by atoms with van der Waals surface area (Å²) in [7, 11) is 0. The number of hydrogen-bond acceptors (Lipinski definition) is 1. The Morgan fingerprint density at radius 1 is 1.41 bits per heavy atom. The maximum atomic E-state index is 6.10. The Morgan fingerprint density at radius 3 is 2.94 bits per heavy atom. The summed E-state index contributed by atoms with van der Waals surface area (Å²) in [6, 6.07) is 6.06. The largest absolute Gasteiger partial charge is 0.490 e. The average Bonchev–Trinajstić information content (AvgIpc) is 2.31. The normalized spacial score (nSPS) is 24.6. The monoisotopic (exact) mass is 316 g/mol. The van der Waals surface area contributed by atoms with Crippen LogP contribution >= 0.6 is 27.5 Å². The van der Waals surface area contributed by atoms with Crippen molar-refractivity contribution >= 4 is 27.5 Å². The van der Waals surface area contributed by atoms with Crippen LogP contribution < -0.4 is 4.74 Å². The van der Waals surface area contributed by atoms with Gasteiger partial charge >= 0.3 is 0 Å². The van der Waals surface area contributed by atoms with Crippen LogP contribution in [0.4, 0.5) is 0 Å². The van der Waals surface area contributed by atoms with E-state index in [9.17, 15) is 0 Å². The molecule has 0 spiro atoms. The van der Waals surface area contributed by atoms with E-state index in [1.54, 1.807) is 0 Å². The van der Waals surface area contributed by atoms with E-state index in [0.29, 0.717) is 12.0 Å². The molecule has 94 valence electrons. The first-order valence-corrected chi connectivity index (χ1v) is 7.53. The summed E-state index contributed by atoms with van der Waals surface area (Å²) in [5.41, 5.74) is 1.07. The van der Waals surface area contributed by atoms with Gasteiger partial charge in [0.1, 0.15) is 5.75 Å². The van der Waals surface area contributed by atoms with Crippen molar-refractivity contribution in [2.45, 2.75) is 44.6 Å². The van der Waals surface area contributed by atoms with Gasteiger partial charge in [-0.05, 0) is 43.4 Å². The number of benzene rings is 1. The van der Waals surface area contributed by atoms with Crippen LogP contribution in [0.2, 0.25) is 0 Å². The van der Waals surface area contributed by atoms with Crippen molar-refractivity contribution in [2.24, 2.45) is 5.92 Å². The minimum Gasteiger partial charge on any atom is -0.490 e. The first-order valence-electron chi connectivity index (χ1n) is 6.20. The van der Waals surface area contributed by atoms with Gasteiger partial charge in [0.05, 0.1) is 12.0 Å². The van der Waals surface area contributed by atoms with Crippen molar-refractivity contribution in [1.29, 1.82) is 0 Å². The summed E-state index contributed by atoms with van der Waals surface area (Å²) in [6.07, 6.45) is 5.31. The molecular formula is C14H18BrClO. The molecule has 0 aliphatic heterocycles. The van der Waals surface area contributed by atoms with Crippen LogP contribution in [0.5, 0.6) is 5.75 Å². The minimum absolute atomic E-state index is 0.363. The Hall–Kier alpha value is -0.210. The molecule has 0 heterocycles. The lowest BCUT2D eigenvalue weighted by Crippen LogP contribution is -2.24. The number of halogens is 2. The quantitative estimate of drug-likeness (QED) is 0.701. The van der Waals surface area contributed by atoms with Crippen LogP contribution in [0.15, 0.2) is 22.7 Å². The maximum Gasteiger partial charge on any atom is 0.124 e. The third-order valence-corrected chi connectivity index (χ3v) is 4.13. The molecule has 1 aromatic carbocycles.